The molecule has 2 aromatic rings. The summed E-state index contributed by atoms with van der Waals surface area (Å²) in [6.45, 7) is 2.32. The number of hydrogen-bond donors (Lipinski definition) is 1. The van der Waals surface area contributed by atoms with E-state index in [1.807, 2.05) is 37.3 Å². The third-order valence-corrected chi connectivity index (χ3v) is 3.02. The van der Waals surface area contributed by atoms with Gasteiger partial charge in [0.15, 0.2) is 0 Å². The van der Waals surface area contributed by atoms with Crippen molar-refractivity contribution < 1.29 is 14.7 Å². The number of hydrogen-bond acceptors (Lipinski definition) is 2. The molecule has 2 aromatic carbocycles. The molecule has 0 fully saturated rings. The highest BCUT2D eigenvalue weighted by molar-refractivity contribution is 6.11. The topological polar surface area (TPSA) is 57.6 Å². The predicted molar refractivity (Wildman–Crippen MR) is 77.2 cm³/mol. The van der Waals surface area contributed by atoms with Gasteiger partial charge in [-0.2, -0.15) is 0 Å². The number of anilines is 1. The fourth-order valence-corrected chi connectivity index (χ4v) is 2.05. The minimum Gasteiger partial charge on any atom is -0.478 e. The van der Waals surface area contributed by atoms with Gasteiger partial charge in [0, 0.05) is 12.2 Å². The normalized spacial score (nSPS) is 10.1. The lowest BCUT2D eigenvalue weighted by Gasteiger charge is -2.21. The van der Waals surface area contributed by atoms with Crippen molar-refractivity contribution in [3.63, 3.8) is 0 Å². The number of para-hydroxylation sites is 1. The van der Waals surface area contributed by atoms with Gasteiger partial charge < -0.3 is 10.0 Å². The maximum atomic E-state index is 12.6. The molecule has 0 spiro atoms. The van der Waals surface area contributed by atoms with Gasteiger partial charge in [-0.3, -0.25) is 4.79 Å². The standard InChI is InChI=1S/C16H15NO3/c1-2-17(12-8-4-3-5-9-12)15(18)13-10-6-7-11-14(13)16(19)20/h3-11H,2H2,1H3,(H,19,20). The Morgan fingerprint density at radius 3 is 2.05 bits per heavy atom. The molecule has 0 unspecified atom stereocenters. The summed E-state index contributed by atoms with van der Waals surface area (Å²) in [5.41, 5.74) is 0.970. The van der Waals surface area contributed by atoms with Crippen molar-refractivity contribution in [2.75, 3.05) is 11.4 Å². The number of carbonyl (C=O) groups excluding carboxylic acids is 1. The lowest BCUT2D eigenvalue weighted by Crippen LogP contribution is -2.31. The Morgan fingerprint density at radius 2 is 1.50 bits per heavy atom. The van der Waals surface area contributed by atoms with Crippen molar-refractivity contribution in [1.82, 2.24) is 0 Å². The lowest BCUT2D eigenvalue weighted by molar-refractivity contribution is 0.0692. The molecule has 20 heavy (non-hydrogen) atoms. The Balaban J connectivity index is 2.42. The molecule has 0 heterocycles. The van der Waals surface area contributed by atoms with Gasteiger partial charge in [0.1, 0.15) is 0 Å². The Kier molecular flexibility index (Phi) is 4.15. The second-order valence-corrected chi connectivity index (χ2v) is 4.24. The van der Waals surface area contributed by atoms with Crippen molar-refractivity contribution in [2.24, 2.45) is 0 Å². The second kappa shape index (κ2) is 6.02. The van der Waals surface area contributed by atoms with Gasteiger partial charge in [-0.1, -0.05) is 30.3 Å². The number of amides is 1. The van der Waals surface area contributed by atoms with E-state index in [-0.39, 0.29) is 17.0 Å². The van der Waals surface area contributed by atoms with Crippen LogP contribution < -0.4 is 4.90 Å². The molecular formula is C16H15NO3. The average Bonchev–Trinajstić information content (AvgIpc) is 2.49. The monoisotopic (exact) mass is 269 g/mol. The van der Waals surface area contributed by atoms with Gasteiger partial charge in [0.2, 0.25) is 0 Å². The van der Waals surface area contributed by atoms with E-state index in [1.54, 1.807) is 17.0 Å². The van der Waals surface area contributed by atoms with Crippen LogP contribution in [0.3, 0.4) is 0 Å². The summed E-state index contributed by atoms with van der Waals surface area (Å²) in [7, 11) is 0. The van der Waals surface area contributed by atoms with Crippen LogP contribution in [0.4, 0.5) is 5.69 Å². The quantitative estimate of drug-likeness (QED) is 0.928. The first-order chi connectivity index (χ1) is 9.65. The molecule has 2 rings (SSSR count). The maximum absolute atomic E-state index is 12.6. The molecule has 0 aromatic heterocycles. The van der Waals surface area contributed by atoms with Crippen LogP contribution in [0.5, 0.6) is 0 Å². The fourth-order valence-electron chi connectivity index (χ4n) is 2.05. The van der Waals surface area contributed by atoms with Crippen LogP contribution in [-0.4, -0.2) is 23.5 Å². The highest BCUT2D eigenvalue weighted by Crippen LogP contribution is 2.18. The number of aromatic carboxylic acids is 1. The molecule has 0 aliphatic rings. The Hall–Kier alpha value is -2.62. The van der Waals surface area contributed by atoms with E-state index in [4.69, 9.17) is 5.11 Å². The summed E-state index contributed by atoms with van der Waals surface area (Å²) in [6.07, 6.45) is 0. The van der Waals surface area contributed by atoms with Crippen molar-refractivity contribution in [1.29, 1.82) is 0 Å². The minimum atomic E-state index is -1.10. The van der Waals surface area contributed by atoms with Crippen molar-refractivity contribution >= 4 is 17.6 Å². The highest BCUT2D eigenvalue weighted by atomic mass is 16.4. The first-order valence-electron chi connectivity index (χ1n) is 6.34. The number of benzene rings is 2. The molecule has 4 heteroatoms. The Labute approximate surface area is 117 Å². The summed E-state index contributed by atoms with van der Waals surface area (Å²) in [5, 5.41) is 9.17. The SMILES string of the molecule is CCN(C(=O)c1ccccc1C(=O)O)c1ccccc1. The molecule has 1 N–H and O–H groups in total. The summed E-state index contributed by atoms with van der Waals surface area (Å²) in [5.74, 6) is -1.41. The predicted octanol–water partition coefficient (Wildman–Crippen LogP) is 3.05. The zero-order chi connectivity index (χ0) is 14.5. The molecule has 0 saturated carbocycles. The average molecular weight is 269 g/mol. The van der Waals surface area contributed by atoms with Crippen molar-refractivity contribution in [3.8, 4) is 0 Å². The first-order valence-corrected chi connectivity index (χ1v) is 6.34. The first kappa shape index (κ1) is 13.8. The van der Waals surface area contributed by atoms with Crippen LogP contribution >= 0.6 is 0 Å². The number of nitrogens with zero attached hydrogens (tertiary/aromatic N) is 1. The van der Waals surface area contributed by atoms with E-state index in [2.05, 4.69) is 0 Å². The molecule has 1 amide bonds. The van der Waals surface area contributed by atoms with Gasteiger partial charge in [0.25, 0.3) is 5.91 Å². The molecule has 0 saturated heterocycles. The molecular weight excluding hydrogens is 254 g/mol. The third-order valence-electron chi connectivity index (χ3n) is 3.02. The van der Waals surface area contributed by atoms with E-state index < -0.39 is 5.97 Å². The highest BCUT2D eigenvalue weighted by Gasteiger charge is 2.21. The van der Waals surface area contributed by atoms with E-state index in [9.17, 15) is 9.59 Å². The van der Waals surface area contributed by atoms with E-state index in [0.717, 1.165) is 5.69 Å². The van der Waals surface area contributed by atoms with Gasteiger partial charge in [0.05, 0.1) is 11.1 Å². The van der Waals surface area contributed by atoms with E-state index in [0.29, 0.717) is 6.54 Å². The van der Waals surface area contributed by atoms with Crippen LogP contribution in [0.1, 0.15) is 27.6 Å². The molecule has 0 bridgehead atoms. The minimum absolute atomic E-state index is 0.0203. The van der Waals surface area contributed by atoms with Crippen molar-refractivity contribution in [2.45, 2.75) is 6.92 Å². The summed E-state index contributed by atoms with van der Waals surface area (Å²) in [4.78, 5) is 25.3. The van der Waals surface area contributed by atoms with Crippen LogP contribution in [0.15, 0.2) is 54.6 Å². The van der Waals surface area contributed by atoms with Gasteiger partial charge in [-0.05, 0) is 31.2 Å². The smallest absolute Gasteiger partial charge is 0.336 e. The van der Waals surface area contributed by atoms with E-state index in [1.165, 1.54) is 12.1 Å². The number of carbonyl (C=O) groups is 2. The molecule has 0 atom stereocenters. The number of carboxylic acids is 1. The Morgan fingerprint density at radius 1 is 0.950 bits per heavy atom. The second-order valence-electron chi connectivity index (χ2n) is 4.24. The zero-order valence-corrected chi connectivity index (χ0v) is 11.1. The number of rotatable bonds is 4. The summed E-state index contributed by atoms with van der Waals surface area (Å²) < 4.78 is 0. The maximum Gasteiger partial charge on any atom is 0.336 e. The summed E-state index contributed by atoms with van der Waals surface area (Å²) >= 11 is 0. The molecule has 102 valence electrons. The molecule has 4 nitrogen and oxygen atoms in total. The Bertz CT molecular complexity index is 623. The molecule has 0 aliphatic carbocycles. The molecule has 0 aliphatic heterocycles. The van der Waals surface area contributed by atoms with Crippen molar-refractivity contribution in [3.05, 3.63) is 65.7 Å². The fraction of sp³-hybridized carbons (Fsp3) is 0.125. The molecule has 0 radical (unpaired) electrons. The summed E-state index contributed by atoms with van der Waals surface area (Å²) in [6, 6.07) is 15.5. The lowest BCUT2D eigenvalue weighted by atomic mass is 10.1. The van der Waals surface area contributed by atoms with Gasteiger partial charge >= 0.3 is 5.97 Å². The van der Waals surface area contributed by atoms with Crippen LogP contribution in [0, 0.1) is 0 Å². The largest absolute Gasteiger partial charge is 0.478 e. The van der Waals surface area contributed by atoms with Gasteiger partial charge in [-0.25, -0.2) is 4.79 Å². The van der Waals surface area contributed by atoms with Crippen LogP contribution in [0.25, 0.3) is 0 Å². The van der Waals surface area contributed by atoms with Crippen LogP contribution in [-0.2, 0) is 0 Å². The van der Waals surface area contributed by atoms with Gasteiger partial charge in [-0.15, -0.1) is 0 Å². The zero-order valence-electron chi connectivity index (χ0n) is 11.1. The van der Waals surface area contributed by atoms with Crippen LogP contribution in [0.2, 0.25) is 0 Å². The van der Waals surface area contributed by atoms with E-state index >= 15 is 0 Å². The number of carboxylic acid groups (broad SMARTS) is 1. The third kappa shape index (κ3) is 2.69.